The number of thiazole rings is 1. The van der Waals surface area contributed by atoms with Gasteiger partial charge in [-0.25, -0.2) is 9.37 Å². The molecule has 1 N–H and O–H groups in total. The molecule has 0 radical (unpaired) electrons. The number of aromatic nitrogens is 1. The van der Waals surface area contributed by atoms with E-state index in [0.29, 0.717) is 52.5 Å². The Labute approximate surface area is 268 Å². The molecule has 232 valence electrons. The summed E-state index contributed by atoms with van der Waals surface area (Å²) in [7, 11) is 0. The summed E-state index contributed by atoms with van der Waals surface area (Å²) in [4.78, 5) is 33.5. The number of carbonyl (C=O) groups excluding carboxylic acids is 2. The topological polar surface area (TPSA) is 98.2 Å². The summed E-state index contributed by atoms with van der Waals surface area (Å²) >= 11 is 1.09. The standard InChI is InChI=1S/C36H29FN2O6S/c1-3-43-29-17-22(9-14-28(29)44-19-21-7-5-4-6-8-21)32-31(33(40)23-10-13-27-24(16-23)15-20(2)45-27)34(41)35(42)39(32)36-38-26-12-11-25(37)18-30(26)46-36/h4-14,16-18,20,32,40H,3,15,19H2,1-2H3/b33-31+/t20-,32+/m1/s1. The predicted octanol–water partition coefficient (Wildman–Crippen LogP) is 7.36. The number of benzene rings is 4. The number of amides is 1. The quantitative estimate of drug-likeness (QED) is 0.108. The molecule has 0 unspecified atom stereocenters. The molecule has 5 aromatic rings. The SMILES string of the molecule is CCOc1cc([C@H]2/C(=C(\O)c3ccc4c(c3)C[C@@H](C)O4)C(=O)C(=O)N2c2nc3ccc(F)cc3s2)ccc1OCc1ccccc1. The molecule has 3 heterocycles. The van der Waals surface area contributed by atoms with Crippen LogP contribution in [0.25, 0.3) is 16.0 Å². The maximum absolute atomic E-state index is 14.1. The summed E-state index contributed by atoms with van der Waals surface area (Å²) in [6.07, 6.45) is 0.639. The Morgan fingerprint density at radius 1 is 1.02 bits per heavy atom. The minimum Gasteiger partial charge on any atom is -0.507 e. The maximum Gasteiger partial charge on any atom is 0.301 e. The lowest BCUT2D eigenvalue weighted by atomic mass is 9.94. The molecular weight excluding hydrogens is 607 g/mol. The molecule has 1 amide bonds. The average Bonchev–Trinajstić information content (AvgIpc) is 3.72. The van der Waals surface area contributed by atoms with E-state index in [0.717, 1.165) is 28.2 Å². The third-order valence-corrected chi connectivity index (χ3v) is 9.00. The Hall–Kier alpha value is -5.22. The van der Waals surface area contributed by atoms with Crippen LogP contribution in [0.5, 0.6) is 17.2 Å². The van der Waals surface area contributed by atoms with Crippen LogP contribution < -0.4 is 19.1 Å². The van der Waals surface area contributed by atoms with Crippen molar-refractivity contribution in [3.05, 3.63) is 119 Å². The van der Waals surface area contributed by atoms with Gasteiger partial charge < -0.3 is 19.3 Å². The minimum absolute atomic E-state index is 0.0125. The van der Waals surface area contributed by atoms with E-state index < -0.39 is 23.5 Å². The van der Waals surface area contributed by atoms with Crippen molar-refractivity contribution in [1.82, 2.24) is 4.98 Å². The second kappa shape index (κ2) is 11.9. The Balaban J connectivity index is 1.36. The van der Waals surface area contributed by atoms with Crippen molar-refractivity contribution in [1.29, 1.82) is 0 Å². The maximum atomic E-state index is 14.1. The zero-order valence-electron chi connectivity index (χ0n) is 25.0. The smallest absolute Gasteiger partial charge is 0.301 e. The molecule has 0 saturated carbocycles. The van der Waals surface area contributed by atoms with Gasteiger partial charge in [0.25, 0.3) is 5.78 Å². The molecule has 0 bridgehead atoms. The fraction of sp³-hybridized carbons (Fsp3) is 0.194. The van der Waals surface area contributed by atoms with Crippen LogP contribution in [-0.4, -0.2) is 34.5 Å². The highest BCUT2D eigenvalue weighted by Gasteiger charge is 2.48. The van der Waals surface area contributed by atoms with E-state index in [1.165, 1.54) is 23.1 Å². The molecule has 1 aromatic heterocycles. The van der Waals surface area contributed by atoms with E-state index in [-0.39, 0.29) is 22.6 Å². The number of fused-ring (bicyclic) bond motifs is 2. The first-order chi connectivity index (χ1) is 22.3. The highest BCUT2D eigenvalue weighted by molar-refractivity contribution is 7.22. The number of ketones is 1. The van der Waals surface area contributed by atoms with Gasteiger partial charge in [0.1, 0.15) is 30.0 Å². The Bertz CT molecular complexity index is 2020. The van der Waals surface area contributed by atoms with Crippen LogP contribution >= 0.6 is 11.3 Å². The first-order valence-electron chi connectivity index (χ1n) is 14.9. The van der Waals surface area contributed by atoms with Gasteiger partial charge in [-0.2, -0.15) is 0 Å². The third kappa shape index (κ3) is 5.34. The number of aliphatic hydroxyl groups is 1. The van der Waals surface area contributed by atoms with Gasteiger partial charge in [-0.15, -0.1) is 0 Å². The van der Waals surface area contributed by atoms with E-state index in [1.807, 2.05) is 44.2 Å². The Morgan fingerprint density at radius 2 is 1.85 bits per heavy atom. The molecule has 8 nitrogen and oxygen atoms in total. The highest BCUT2D eigenvalue weighted by Crippen LogP contribution is 2.46. The first kappa shape index (κ1) is 29.5. The van der Waals surface area contributed by atoms with Crippen molar-refractivity contribution < 1.29 is 33.3 Å². The molecule has 0 aliphatic carbocycles. The van der Waals surface area contributed by atoms with E-state index in [2.05, 4.69) is 4.98 Å². The first-order valence-corrected chi connectivity index (χ1v) is 15.7. The average molecular weight is 637 g/mol. The molecule has 2 aliphatic rings. The minimum atomic E-state index is -1.06. The van der Waals surface area contributed by atoms with Gasteiger partial charge in [-0.05, 0) is 79.1 Å². The van der Waals surface area contributed by atoms with E-state index in [1.54, 1.807) is 36.4 Å². The molecule has 1 saturated heterocycles. The van der Waals surface area contributed by atoms with Gasteiger partial charge in [0.2, 0.25) is 0 Å². The van der Waals surface area contributed by atoms with Gasteiger partial charge in [-0.1, -0.05) is 47.7 Å². The second-order valence-electron chi connectivity index (χ2n) is 11.1. The van der Waals surface area contributed by atoms with Crippen molar-refractivity contribution in [2.75, 3.05) is 11.5 Å². The number of Topliss-reactive ketones (excluding diaryl/α,β-unsaturated/α-hetero) is 1. The molecule has 2 atom stereocenters. The van der Waals surface area contributed by atoms with Crippen LogP contribution in [0.4, 0.5) is 9.52 Å². The summed E-state index contributed by atoms with van der Waals surface area (Å²) in [5.41, 5.74) is 3.15. The summed E-state index contributed by atoms with van der Waals surface area (Å²) < 4.78 is 32.5. The third-order valence-electron chi connectivity index (χ3n) is 7.98. The Morgan fingerprint density at radius 3 is 2.65 bits per heavy atom. The molecule has 1 fully saturated rings. The molecule has 0 spiro atoms. The van der Waals surface area contributed by atoms with Crippen molar-refractivity contribution in [3.63, 3.8) is 0 Å². The summed E-state index contributed by atoms with van der Waals surface area (Å²) in [5.74, 6) is -0.861. The van der Waals surface area contributed by atoms with E-state index in [9.17, 15) is 19.1 Å². The molecule has 10 heteroatoms. The highest BCUT2D eigenvalue weighted by atomic mass is 32.1. The second-order valence-corrected chi connectivity index (χ2v) is 12.2. The van der Waals surface area contributed by atoms with Gasteiger partial charge in [-0.3, -0.25) is 14.5 Å². The monoisotopic (exact) mass is 636 g/mol. The normalized spacial score (nSPS) is 18.5. The van der Waals surface area contributed by atoms with Crippen LogP contribution in [0.3, 0.4) is 0 Å². The van der Waals surface area contributed by atoms with Crippen LogP contribution in [0.2, 0.25) is 0 Å². The lowest BCUT2D eigenvalue weighted by molar-refractivity contribution is -0.132. The Kier molecular flexibility index (Phi) is 7.66. The summed E-state index contributed by atoms with van der Waals surface area (Å²) in [6.45, 7) is 4.45. The molecular formula is C36H29FN2O6S. The predicted molar refractivity (Wildman–Crippen MR) is 173 cm³/mol. The fourth-order valence-corrected chi connectivity index (χ4v) is 6.89. The largest absolute Gasteiger partial charge is 0.507 e. The number of hydrogen-bond donors (Lipinski definition) is 1. The summed E-state index contributed by atoms with van der Waals surface area (Å²) in [6, 6.07) is 23.2. The van der Waals surface area contributed by atoms with Gasteiger partial charge >= 0.3 is 5.91 Å². The number of anilines is 1. The number of ether oxygens (including phenoxy) is 3. The number of aliphatic hydroxyl groups excluding tert-OH is 1. The van der Waals surface area contributed by atoms with Crippen molar-refractivity contribution in [2.45, 2.75) is 39.0 Å². The lowest BCUT2D eigenvalue weighted by Gasteiger charge is -2.24. The zero-order valence-corrected chi connectivity index (χ0v) is 25.8. The van der Waals surface area contributed by atoms with Gasteiger partial charge in [0, 0.05) is 12.0 Å². The van der Waals surface area contributed by atoms with Crippen LogP contribution in [0, 0.1) is 5.82 Å². The van der Waals surface area contributed by atoms with E-state index >= 15 is 0 Å². The number of rotatable bonds is 8. The lowest BCUT2D eigenvalue weighted by Crippen LogP contribution is -2.29. The number of hydrogen-bond acceptors (Lipinski definition) is 8. The van der Waals surface area contributed by atoms with Crippen LogP contribution in [-0.2, 0) is 22.6 Å². The zero-order chi connectivity index (χ0) is 31.9. The van der Waals surface area contributed by atoms with E-state index in [4.69, 9.17) is 14.2 Å². The molecule has 4 aromatic carbocycles. The molecule has 46 heavy (non-hydrogen) atoms. The van der Waals surface area contributed by atoms with Crippen LogP contribution in [0.15, 0.2) is 90.5 Å². The van der Waals surface area contributed by atoms with Gasteiger partial charge in [0.15, 0.2) is 16.6 Å². The molecule has 2 aliphatic heterocycles. The van der Waals surface area contributed by atoms with Crippen molar-refractivity contribution in [2.24, 2.45) is 0 Å². The molecule has 7 rings (SSSR count). The fourth-order valence-electron chi connectivity index (χ4n) is 5.88. The van der Waals surface area contributed by atoms with Crippen molar-refractivity contribution in [3.8, 4) is 17.2 Å². The summed E-state index contributed by atoms with van der Waals surface area (Å²) in [5, 5.41) is 11.9. The van der Waals surface area contributed by atoms with Gasteiger partial charge in [0.05, 0.1) is 28.4 Å². The number of nitrogens with zero attached hydrogens (tertiary/aromatic N) is 2. The number of halogens is 1. The van der Waals surface area contributed by atoms with Crippen molar-refractivity contribution >= 4 is 44.1 Å². The number of carbonyl (C=O) groups is 2. The van der Waals surface area contributed by atoms with Crippen LogP contribution in [0.1, 0.15) is 42.1 Å².